The Hall–Kier alpha value is -3.58. The number of benzene rings is 2. The predicted molar refractivity (Wildman–Crippen MR) is 151 cm³/mol. The number of carbonyl (C=O) groups is 3. The van der Waals surface area contributed by atoms with Gasteiger partial charge in [0, 0.05) is 38.9 Å². The molecule has 0 aromatic heterocycles. The maximum atomic E-state index is 13.7. The van der Waals surface area contributed by atoms with E-state index in [1.165, 1.54) is 17.0 Å². The number of sulfone groups is 1. The minimum atomic E-state index is -3.35. The van der Waals surface area contributed by atoms with Gasteiger partial charge in [-0.05, 0) is 42.5 Å². The van der Waals surface area contributed by atoms with Gasteiger partial charge in [-0.25, -0.2) is 26.8 Å². The lowest BCUT2D eigenvalue weighted by atomic mass is 9.87. The van der Waals surface area contributed by atoms with Gasteiger partial charge in [-0.3, -0.25) is 9.69 Å². The molecule has 2 N–H and O–H groups in total. The molecule has 5 amide bonds. The first-order valence-corrected chi connectivity index (χ1v) is 15.9. The van der Waals surface area contributed by atoms with Gasteiger partial charge in [0.15, 0.2) is 9.84 Å². The van der Waals surface area contributed by atoms with Crippen LogP contribution in [0.25, 0.3) is 0 Å². The van der Waals surface area contributed by atoms with Gasteiger partial charge < -0.3 is 20.4 Å². The molecule has 3 aliphatic rings. The summed E-state index contributed by atoms with van der Waals surface area (Å²) >= 11 is 0. The van der Waals surface area contributed by atoms with Crippen molar-refractivity contribution in [3.8, 4) is 0 Å². The van der Waals surface area contributed by atoms with Crippen molar-refractivity contribution in [3.63, 3.8) is 0 Å². The van der Waals surface area contributed by atoms with Crippen molar-refractivity contribution in [2.75, 3.05) is 39.0 Å². The van der Waals surface area contributed by atoms with Gasteiger partial charge in [0.25, 0.3) is 11.8 Å². The van der Waals surface area contributed by atoms with Crippen LogP contribution < -0.4 is 10.6 Å². The molecule has 42 heavy (non-hydrogen) atoms. The molecule has 5 rings (SSSR count). The molecule has 0 radical (unpaired) electrons. The summed E-state index contributed by atoms with van der Waals surface area (Å²) in [5.74, 6) is -3.16. The SMILES string of the molecule is CS(=O)(=O)c1ccc(CN2C(=O)NC3(CCN(CC[C@H](NC(=O)N4CCC(F)(F)C4)c4ccccc4)CC3)C2=O)cc1. The first-order chi connectivity index (χ1) is 19.9. The molecule has 2 aromatic carbocycles. The Morgan fingerprint density at radius 1 is 1.00 bits per heavy atom. The Morgan fingerprint density at radius 2 is 1.67 bits per heavy atom. The lowest BCUT2D eigenvalue weighted by Crippen LogP contribution is -2.55. The number of likely N-dealkylation sites (tertiary alicyclic amines) is 2. The van der Waals surface area contributed by atoms with Crippen molar-refractivity contribution >= 4 is 27.8 Å². The molecule has 3 heterocycles. The summed E-state index contributed by atoms with van der Waals surface area (Å²) in [5.41, 5.74) is 0.532. The van der Waals surface area contributed by atoms with Crippen LogP contribution in [-0.4, -0.2) is 91.5 Å². The van der Waals surface area contributed by atoms with E-state index in [2.05, 4.69) is 15.5 Å². The summed E-state index contributed by atoms with van der Waals surface area (Å²) in [6.45, 7) is 1.17. The minimum absolute atomic E-state index is 0.0112. The number of urea groups is 2. The van der Waals surface area contributed by atoms with Crippen LogP contribution in [0.1, 0.15) is 42.9 Å². The number of rotatable bonds is 8. The Balaban J connectivity index is 1.17. The average molecular weight is 604 g/mol. The molecule has 13 heteroatoms. The molecular formula is C29H35F2N5O5S. The number of halogens is 2. The summed E-state index contributed by atoms with van der Waals surface area (Å²) in [6.07, 6.45) is 2.17. The largest absolute Gasteiger partial charge is 0.331 e. The van der Waals surface area contributed by atoms with Crippen molar-refractivity contribution in [1.29, 1.82) is 0 Å². The molecule has 2 aromatic rings. The molecule has 0 saturated carbocycles. The number of hydrogen-bond donors (Lipinski definition) is 2. The highest BCUT2D eigenvalue weighted by atomic mass is 32.2. The van der Waals surface area contributed by atoms with E-state index >= 15 is 0 Å². The van der Waals surface area contributed by atoms with Crippen LogP contribution in [0, 0.1) is 0 Å². The van der Waals surface area contributed by atoms with Crippen molar-refractivity contribution in [1.82, 2.24) is 25.3 Å². The van der Waals surface area contributed by atoms with E-state index in [-0.39, 0.29) is 36.4 Å². The normalized spacial score (nSPS) is 21.0. The zero-order valence-corrected chi connectivity index (χ0v) is 24.2. The van der Waals surface area contributed by atoms with Crippen LogP contribution >= 0.6 is 0 Å². The third-order valence-electron chi connectivity index (χ3n) is 8.34. The lowest BCUT2D eigenvalue weighted by molar-refractivity contribution is -0.133. The summed E-state index contributed by atoms with van der Waals surface area (Å²) in [6, 6.07) is 14.1. The van der Waals surface area contributed by atoms with Gasteiger partial charge in [0.2, 0.25) is 0 Å². The predicted octanol–water partition coefficient (Wildman–Crippen LogP) is 3.16. The van der Waals surface area contributed by atoms with E-state index in [1.54, 1.807) is 12.1 Å². The fourth-order valence-corrected chi connectivity index (χ4v) is 6.44. The summed E-state index contributed by atoms with van der Waals surface area (Å²) in [7, 11) is -3.35. The van der Waals surface area contributed by atoms with Gasteiger partial charge in [-0.1, -0.05) is 42.5 Å². The van der Waals surface area contributed by atoms with E-state index < -0.39 is 39.9 Å². The van der Waals surface area contributed by atoms with E-state index in [9.17, 15) is 31.6 Å². The van der Waals surface area contributed by atoms with E-state index in [4.69, 9.17) is 0 Å². The minimum Gasteiger partial charge on any atom is -0.331 e. The highest BCUT2D eigenvalue weighted by Crippen LogP contribution is 2.32. The van der Waals surface area contributed by atoms with E-state index in [0.29, 0.717) is 44.5 Å². The molecule has 0 bridgehead atoms. The number of carbonyl (C=O) groups excluding carboxylic acids is 3. The molecule has 0 unspecified atom stereocenters. The number of alkyl halides is 2. The number of piperidine rings is 1. The molecule has 1 spiro atoms. The topological polar surface area (TPSA) is 119 Å². The number of amides is 5. The molecule has 226 valence electrons. The number of nitrogens with zero attached hydrogens (tertiary/aromatic N) is 3. The van der Waals surface area contributed by atoms with Crippen molar-refractivity contribution in [2.24, 2.45) is 0 Å². The van der Waals surface area contributed by atoms with Gasteiger partial charge in [0.1, 0.15) is 5.54 Å². The highest BCUT2D eigenvalue weighted by molar-refractivity contribution is 7.90. The Morgan fingerprint density at radius 3 is 2.26 bits per heavy atom. The Bertz CT molecular complexity index is 1430. The summed E-state index contributed by atoms with van der Waals surface area (Å²) in [5, 5.41) is 5.82. The first-order valence-electron chi connectivity index (χ1n) is 14.0. The standard InChI is InChI=1S/C29H35F2N5O5S/c1-42(40,41)23-9-7-21(8-10-23)19-36-25(37)28(33-27(36)39)12-16-34(17-13-28)15-11-24(22-5-3-2-4-6-22)32-26(38)35-18-14-29(30,31)20-35/h2-10,24H,11-20H2,1H3,(H,32,38)(H,33,39)/t24-/m0/s1. The van der Waals surface area contributed by atoms with Crippen LogP contribution in [0.15, 0.2) is 59.5 Å². The highest BCUT2D eigenvalue weighted by Gasteiger charge is 2.52. The monoisotopic (exact) mass is 603 g/mol. The van der Waals surface area contributed by atoms with Crippen molar-refractivity contribution in [3.05, 3.63) is 65.7 Å². The first kappa shape index (κ1) is 29.9. The second-order valence-corrected chi connectivity index (χ2v) is 13.4. The van der Waals surface area contributed by atoms with Crippen molar-refractivity contribution in [2.45, 2.75) is 54.6 Å². The smallest absolute Gasteiger partial charge is 0.325 e. The van der Waals surface area contributed by atoms with Crippen LogP contribution in [0.4, 0.5) is 18.4 Å². The molecule has 3 fully saturated rings. The van der Waals surface area contributed by atoms with Crippen LogP contribution in [0.5, 0.6) is 0 Å². The zero-order valence-electron chi connectivity index (χ0n) is 23.4. The number of nitrogens with one attached hydrogen (secondary N) is 2. The van der Waals surface area contributed by atoms with Gasteiger partial charge in [-0.15, -0.1) is 0 Å². The quantitative estimate of drug-likeness (QED) is 0.448. The zero-order chi connectivity index (χ0) is 30.1. The molecule has 0 aliphatic carbocycles. The van der Waals surface area contributed by atoms with Gasteiger partial charge in [0.05, 0.1) is 24.0 Å². The fraction of sp³-hybridized carbons (Fsp3) is 0.483. The summed E-state index contributed by atoms with van der Waals surface area (Å²) in [4.78, 5) is 43.6. The van der Waals surface area contributed by atoms with E-state index in [1.807, 2.05) is 30.3 Å². The third kappa shape index (κ3) is 6.57. The average Bonchev–Trinajstić information content (AvgIpc) is 3.43. The van der Waals surface area contributed by atoms with Crippen LogP contribution in [0.3, 0.4) is 0 Å². The molecule has 3 saturated heterocycles. The summed E-state index contributed by atoms with van der Waals surface area (Å²) < 4.78 is 50.8. The van der Waals surface area contributed by atoms with Crippen molar-refractivity contribution < 1.29 is 31.6 Å². The maximum Gasteiger partial charge on any atom is 0.325 e. The third-order valence-corrected chi connectivity index (χ3v) is 9.47. The number of hydrogen-bond acceptors (Lipinski definition) is 6. The number of imide groups is 1. The van der Waals surface area contributed by atoms with Gasteiger partial charge >= 0.3 is 12.1 Å². The second-order valence-electron chi connectivity index (χ2n) is 11.4. The van der Waals surface area contributed by atoms with E-state index in [0.717, 1.165) is 16.7 Å². The lowest BCUT2D eigenvalue weighted by Gasteiger charge is -2.38. The molecular weight excluding hydrogens is 568 g/mol. The molecule has 3 aliphatic heterocycles. The Kier molecular flexibility index (Phi) is 8.26. The van der Waals surface area contributed by atoms with Crippen LogP contribution in [-0.2, 0) is 21.2 Å². The van der Waals surface area contributed by atoms with Crippen LogP contribution in [0.2, 0.25) is 0 Å². The van der Waals surface area contributed by atoms with Gasteiger partial charge in [-0.2, -0.15) is 0 Å². The fourth-order valence-electron chi connectivity index (χ4n) is 5.81. The molecule has 10 nitrogen and oxygen atoms in total. The second kappa shape index (κ2) is 11.6. The Labute approximate surface area is 243 Å². The maximum absolute atomic E-state index is 13.7. The molecule has 1 atom stereocenters.